The standard InChI is InChI=1S/C11H9ClFN.C2H6/c1-6-4-8(14)5-7-2-3-9(12)11(13)10(6)7;1-2/h2-5H,14H2,1H3;1-2H3. The van der Waals surface area contributed by atoms with E-state index in [1.54, 1.807) is 18.2 Å². The van der Waals surface area contributed by atoms with Gasteiger partial charge in [0.2, 0.25) is 0 Å². The van der Waals surface area contributed by atoms with Crippen molar-refractivity contribution in [3.8, 4) is 0 Å². The predicted molar refractivity (Wildman–Crippen MR) is 69.4 cm³/mol. The lowest BCUT2D eigenvalue weighted by atomic mass is 10.0. The monoisotopic (exact) mass is 239 g/mol. The van der Waals surface area contributed by atoms with E-state index in [1.165, 1.54) is 6.07 Å². The van der Waals surface area contributed by atoms with Crippen molar-refractivity contribution in [1.29, 1.82) is 0 Å². The van der Waals surface area contributed by atoms with Gasteiger partial charge < -0.3 is 5.73 Å². The summed E-state index contributed by atoms with van der Waals surface area (Å²) in [6.45, 7) is 5.82. The first-order chi connectivity index (χ1) is 7.59. The lowest BCUT2D eigenvalue weighted by Gasteiger charge is -2.06. The third kappa shape index (κ3) is 2.27. The zero-order valence-corrected chi connectivity index (χ0v) is 10.4. The van der Waals surface area contributed by atoms with E-state index < -0.39 is 0 Å². The topological polar surface area (TPSA) is 26.0 Å². The second kappa shape index (κ2) is 5.17. The lowest BCUT2D eigenvalue weighted by molar-refractivity contribution is 0.640. The number of rotatable bonds is 0. The third-order valence-electron chi connectivity index (χ3n) is 2.23. The van der Waals surface area contributed by atoms with Gasteiger partial charge in [0.05, 0.1) is 5.02 Å². The van der Waals surface area contributed by atoms with Gasteiger partial charge in [0.25, 0.3) is 0 Å². The van der Waals surface area contributed by atoms with Gasteiger partial charge in [-0.15, -0.1) is 0 Å². The maximum absolute atomic E-state index is 13.6. The van der Waals surface area contributed by atoms with E-state index in [1.807, 2.05) is 20.8 Å². The van der Waals surface area contributed by atoms with Gasteiger partial charge in [-0.25, -0.2) is 4.39 Å². The first-order valence-corrected chi connectivity index (χ1v) is 5.61. The van der Waals surface area contributed by atoms with Crippen LogP contribution in [-0.2, 0) is 0 Å². The molecule has 0 aliphatic heterocycles. The van der Waals surface area contributed by atoms with Gasteiger partial charge in [0.15, 0.2) is 0 Å². The summed E-state index contributed by atoms with van der Waals surface area (Å²) >= 11 is 5.69. The van der Waals surface area contributed by atoms with Crippen molar-refractivity contribution in [2.45, 2.75) is 20.8 Å². The molecule has 0 unspecified atom stereocenters. The molecule has 0 fully saturated rings. The summed E-state index contributed by atoms with van der Waals surface area (Å²) < 4.78 is 13.6. The van der Waals surface area contributed by atoms with Gasteiger partial charge in [-0.3, -0.25) is 0 Å². The molecule has 2 rings (SSSR count). The molecule has 86 valence electrons. The minimum Gasteiger partial charge on any atom is -0.399 e. The SMILES string of the molecule is CC.Cc1cc(N)cc2ccc(Cl)c(F)c12. The highest BCUT2D eigenvalue weighted by atomic mass is 35.5. The second-order valence-electron chi connectivity index (χ2n) is 3.30. The first-order valence-electron chi connectivity index (χ1n) is 5.23. The lowest BCUT2D eigenvalue weighted by Crippen LogP contribution is -1.90. The summed E-state index contributed by atoms with van der Waals surface area (Å²) in [4.78, 5) is 0. The molecule has 0 bridgehead atoms. The molecule has 1 nitrogen and oxygen atoms in total. The molecule has 0 saturated heterocycles. The van der Waals surface area contributed by atoms with Crippen molar-refractivity contribution < 1.29 is 4.39 Å². The second-order valence-corrected chi connectivity index (χ2v) is 3.70. The van der Waals surface area contributed by atoms with Crippen LogP contribution in [0, 0.1) is 12.7 Å². The zero-order valence-electron chi connectivity index (χ0n) is 9.64. The van der Waals surface area contributed by atoms with Crippen LogP contribution in [0.2, 0.25) is 5.02 Å². The first kappa shape index (κ1) is 12.8. The highest BCUT2D eigenvalue weighted by molar-refractivity contribution is 6.31. The van der Waals surface area contributed by atoms with Crippen LogP contribution in [0.25, 0.3) is 10.8 Å². The summed E-state index contributed by atoms with van der Waals surface area (Å²) in [5, 5.41) is 1.47. The Kier molecular flexibility index (Phi) is 4.13. The molecule has 2 N–H and O–H groups in total. The number of fused-ring (bicyclic) bond motifs is 1. The number of hydrogen-bond donors (Lipinski definition) is 1. The Balaban J connectivity index is 0.000000606. The van der Waals surface area contributed by atoms with Crippen LogP contribution in [0.4, 0.5) is 10.1 Å². The number of hydrogen-bond acceptors (Lipinski definition) is 1. The van der Waals surface area contributed by atoms with Gasteiger partial charge >= 0.3 is 0 Å². The Bertz CT molecular complexity index is 509. The van der Waals surface area contributed by atoms with Gasteiger partial charge in [0.1, 0.15) is 5.82 Å². The molecule has 0 aliphatic carbocycles. The summed E-state index contributed by atoms with van der Waals surface area (Å²) in [6, 6.07) is 6.78. The van der Waals surface area contributed by atoms with E-state index in [9.17, 15) is 4.39 Å². The van der Waals surface area contributed by atoms with Crippen LogP contribution in [0.3, 0.4) is 0 Å². The fraction of sp³-hybridized carbons (Fsp3) is 0.231. The summed E-state index contributed by atoms with van der Waals surface area (Å²) in [5.74, 6) is -0.373. The van der Waals surface area contributed by atoms with Crippen molar-refractivity contribution in [3.05, 3.63) is 40.7 Å². The minimum absolute atomic E-state index is 0.144. The molecular formula is C13H15ClFN. The van der Waals surface area contributed by atoms with Crippen molar-refractivity contribution in [1.82, 2.24) is 0 Å². The molecule has 0 saturated carbocycles. The van der Waals surface area contributed by atoms with E-state index in [4.69, 9.17) is 17.3 Å². The largest absolute Gasteiger partial charge is 0.399 e. The number of aryl methyl sites for hydroxylation is 1. The van der Waals surface area contributed by atoms with Crippen LogP contribution < -0.4 is 5.73 Å². The molecular weight excluding hydrogens is 225 g/mol. The Morgan fingerprint density at radius 1 is 1.19 bits per heavy atom. The van der Waals surface area contributed by atoms with Gasteiger partial charge in [-0.2, -0.15) is 0 Å². The summed E-state index contributed by atoms with van der Waals surface area (Å²) in [7, 11) is 0. The van der Waals surface area contributed by atoms with E-state index in [2.05, 4.69) is 0 Å². The summed E-state index contributed by atoms with van der Waals surface area (Å²) in [5.41, 5.74) is 7.10. The summed E-state index contributed by atoms with van der Waals surface area (Å²) in [6.07, 6.45) is 0. The molecule has 2 aromatic carbocycles. The molecule has 0 aliphatic rings. The van der Waals surface area contributed by atoms with E-state index in [0.29, 0.717) is 11.1 Å². The Hall–Kier alpha value is -1.28. The molecule has 0 amide bonds. The fourth-order valence-electron chi connectivity index (χ4n) is 1.63. The number of nitrogen functional groups attached to an aromatic ring is 1. The highest BCUT2D eigenvalue weighted by Gasteiger charge is 2.08. The van der Waals surface area contributed by atoms with Crippen LogP contribution in [0.15, 0.2) is 24.3 Å². The maximum atomic E-state index is 13.6. The average Bonchev–Trinajstić information content (AvgIpc) is 2.26. The average molecular weight is 240 g/mol. The number of benzene rings is 2. The fourth-order valence-corrected chi connectivity index (χ4v) is 1.79. The van der Waals surface area contributed by atoms with Crippen molar-refractivity contribution in [2.24, 2.45) is 0 Å². The van der Waals surface area contributed by atoms with Gasteiger partial charge in [-0.1, -0.05) is 31.5 Å². The van der Waals surface area contributed by atoms with Crippen LogP contribution in [0.5, 0.6) is 0 Å². The quantitative estimate of drug-likeness (QED) is 0.671. The Morgan fingerprint density at radius 2 is 1.81 bits per heavy atom. The highest BCUT2D eigenvalue weighted by Crippen LogP contribution is 2.28. The molecule has 16 heavy (non-hydrogen) atoms. The van der Waals surface area contributed by atoms with Crippen molar-refractivity contribution in [2.75, 3.05) is 5.73 Å². The number of anilines is 1. The molecule has 0 atom stereocenters. The molecule has 0 aromatic heterocycles. The van der Waals surface area contributed by atoms with Crippen molar-refractivity contribution in [3.63, 3.8) is 0 Å². The minimum atomic E-state index is -0.373. The molecule has 2 aromatic rings. The van der Waals surface area contributed by atoms with Crippen LogP contribution in [-0.4, -0.2) is 0 Å². The maximum Gasteiger partial charge on any atom is 0.149 e. The van der Waals surface area contributed by atoms with Gasteiger partial charge in [-0.05, 0) is 36.1 Å². The molecule has 3 heteroatoms. The Morgan fingerprint density at radius 3 is 2.44 bits per heavy atom. The molecule has 0 heterocycles. The van der Waals surface area contributed by atoms with E-state index >= 15 is 0 Å². The number of nitrogens with two attached hydrogens (primary N) is 1. The van der Waals surface area contributed by atoms with E-state index in [0.717, 1.165) is 10.9 Å². The van der Waals surface area contributed by atoms with Crippen LogP contribution >= 0.6 is 11.6 Å². The molecule has 0 radical (unpaired) electrons. The Labute approximate surface area is 100 Å². The van der Waals surface area contributed by atoms with Gasteiger partial charge in [0, 0.05) is 11.1 Å². The van der Waals surface area contributed by atoms with E-state index in [-0.39, 0.29) is 10.8 Å². The number of halogens is 2. The van der Waals surface area contributed by atoms with Crippen LogP contribution in [0.1, 0.15) is 19.4 Å². The van der Waals surface area contributed by atoms with Crippen molar-refractivity contribution >= 4 is 28.1 Å². The third-order valence-corrected chi connectivity index (χ3v) is 2.52. The normalized spacial score (nSPS) is 9.81. The smallest absolute Gasteiger partial charge is 0.149 e. The zero-order chi connectivity index (χ0) is 12.3. The molecule has 0 spiro atoms. The predicted octanol–water partition coefficient (Wildman–Crippen LogP) is 4.55.